The monoisotopic (exact) mass is 274 g/mol. The Kier molecular flexibility index (Phi) is 5.18. The first-order valence-corrected chi connectivity index (χ1v) is 7.66. The molecule has 0 unspecified atom stereocenters. The van der Waals surface area contributed by atoms with Crippen molar-refractivity contribution in [2.45, 2.75) is 39.5 Å². The molecular weight excluding hydrogens is 248 g/mol. The average molecular weight is 274 g/mol. The highest BCUT2D eigenvalue weighted by Gasteiger charge is 2.26. The quantitative estimate of drug-likeness (QED) is 0.865. The number of rotatable bonds is 5. The van der Waals surface area contributed by atoms with Crippen molar-refractivity contribution < 1.29 is 4.79 Å². The molecule has 2 N–H and O–H groups in total. The van der Waals surface area contributed by atoms with Crippen LogP contribution in [0.4, 0.5) is 0 Å². The molecule has 1 aromatic carbocycles. The number of carbonyl (C=O) groups excluding carboxylic acids is 1. The minimum absolute atomic E-state index is 0.133. The molecule has 1 saturated heterocycles. The van der Waals surface area contributed by atoms with Crippen molar-refractivity contribution in [2.24, 2.45) is 5.41 Å². The number of aryl methyl sites for hydroxylation is 1. The van der Waals surface area contributed by atoms with Crippen molar-refractivity contribution in [3.8, 4) is 0 Å². The van der Waals surface area contributed by atoms with Crippen LogP contribution in [0.15, 0.2) is 24.3 Å². The fourth-order valence-corrected chi connectivity index (χ4v) is 2.66. The minimum atomic E-state index is 0.133. The van der Waals surface area contributed by atoms with Gasteiger partial charge < -0.3 is 10.6 Å². The van der Waals surface area contributed by atoms with Crippen LogP contribution in [0.3, 0.4) is 0 Å². The van der Waals surface area contributed by atoms with Crippen LogP contribution < -0.4 is 10.6 Å². The second-order valence-corrected chi connectivity index (χ2v) is 6.18. The van der Waals surface area contributed by atoms with Gasteiger partial charge in [-0.2, -0.15) is 0 Å². The standard InChI is InChI=1S/C17H26N2O/c1-3-14-4-6-15(7-5-14)12-16(20)19-13-17(2)8-10-18-11-9-17/h4-7,18H,3,8-13H2,1-2H3,(H,19,20). The minimum Gasteiger partial charge on any atom is -0.355 e. The number of hydrogen-bond acceptors (Lipinski definition) is 2. The van der Waals surface area contributed by atoms with Gasteiger partial charge in [0, 0.05) is 6.54 Å². The van der Waals surface area contributed by atoms with Gasteiger partial charge >= 0.3 is 0 Å². The highest BCUT2D eigenvalue weighted by Crippen LogP contribution is 2.26. The van der Waals surface area contributed by atoms with Crippen molar-refractivity contribution in [3.63, 3.8) is 0 Å². The lowest BCUT2D eigenvalue weighted by Crippen LogP contribution is -2.43. The van der Waals surface area contributed by atoms with Crippen molar-refractivity contribution in [3.05, 3.63) is 35.4 Å². The Hall–Kier alpha value is -1.35. The van der Waals surface area contributed by atoms with E-state index in [0.29, 0.717) is 6.42 Å². The van der Waals surface area contributed by atoms with E-state index in [2.05, 4.69) is 48.7 Å². The van der Waals surface area contributed by atoms with Gasteiger partial charge in [-0.15, -0.1) is 0 Å². The second kappa shape index (κ2) is 6.89. The molecule has 3 heteroatoms. The zero-order valence-electron chi connectivity index (χ0n) is 12.7. The highest BCUT2D eigenvalue weighted by molar-refractivity contribution is 5.78. The van der Waals surface area contributed by atoms with E-state index in [1.54, 1.807) is 0 Å². The molecule has 0 spiro atoms. The van der Waals surface area contributed by atoms with Gasteiger partial charge in [0.05, 0.1) is 6.42 Å². The summed E-state index contributed by atoms with van der Waals surface area (Å²) in [6, 6.07) is 8.34. The fourth-order valence-electron chi connectivity index (χ4n) is 2.66. The molecule has 2 rings (SSSR count). The number of nitrogens with one attached hydrogen (secondary N) is 2. The third-order valence-corrected chi connectivity index (χ3v) is 4.32. The van der Waals surface area contributed by atoms with E-state index in [-0.39, 0.29) is 11.3 Å². The van der Waals surface area contributed by atoms with Crippen molar-refractivity contribution in [1.82, 2.24) is 10.6 Å². The molecular formula is C17H26N2O. The molecule has 0 aromatic heterocycles. The SMILES string of the molecule is CCc1ccc(CC(=O)NCC2(C)CCNCC2)cc1. The van der Waals surface area contributed by atoms with Gasteiger partial charge in [0.25, 0.3) is 0 Å². The van der Waals surface area contributed by atoms with E-state index >= 15 is 0 Å². The van der Waals surface area contributed by atoms with Crippen LogP contribution in [-0.4, -0.2) is 25.5 Å². The normalized spacial score (nSPS) is 17.7. The molecule has 1 aromatic rings. The van der Waals surface area contributed by atoms with Crippen LogP contribution in [-0.2, 0) is 17.6 Å². The first-order chi connectivity index (χ1) is 9.61. The van der Waals surface area contributed by atoms with Crippen LogP contribution >= 0.6 is 0 Å². The third-order valence-electron chi connectivity index (χ3n) is 4.32. The zero-order valence-corrected chi connectivity index (χ0v) is 12.7. The smallest absolute Gasteiger partial charge is 0.224 e. The number of hydrogen-bond donors (Lipinski definition) is 2. The largest absolute Gasteiger partial charge is 0.355 e. The lowest BCUT2D eigenvalue weighted by molar-refractivity contribution is -0.121. The summed E-state index contributed by atoms with van der Waals surface area (Å²) >= 11 is 0. The Morgan fingerprint density at radius 1 is 1.20 bits per heavy atom. The molecule has 1 fully saturated rings. The molecule has 0 saturated carbocycles. The third kappa shape index (κ3) is 4.34. The summed E-state index contributed by atoms with van der Waals surface area (Å²) in [4.78, 5) is 12.0. The van der Waals surface area contributed by atoms with Crippen molar-refractivity contribution in [1.29, 1.82) is 0 Å². The van der Waals surface area contributed by atoms with Gasteiger partial charge in [-0.1, -0.05) is 38.1 Å². The van der Waals surface area contributed by atoms with E-state index in [0.717, 1.165) is 44.5 Å². The summed E-state index contributed by atoms with van der Waals surface area (Å²) < 4.78 is 0. The summed E-state index contributed by atoms with van der Waals surface area (Å²) in [6.07, 6.45) is 3.80. The number of amides is 1. The van der Waals surface area contributed by atoms with Gasteiger partial charge in [0.1, 0.15) is 0 Å². The molecule has 0 aliphatic carbocycles. The van der Waals surface area contributed by atoms with Crippen LogP contribution in [0, 0.1) is 5.41 Å². The molecule has 110 valence electrons. The average Bonchev–Trinajstić information content (AvgIpc) is 2.47. The number of carbonyl (C=O) groups is 1. The van der Waals surface area contributed by atoms with E-state index in [4.69, 9.17) is 0 Å². The van der Waals surface area contributed by atoms with Gasteiger partial charge in [-0.25, -0.2) is 0 Å². The maximum atomic E-state index is 12.0. The Labute approximate surface area is 122 Å². The molecule has 1 aliphatic rings. The summed E-state index contributed by atoms with van der Waals surface area (Å²) in [5, 5.41) is 6.47. The van der Waals surface area contributed by atoms with Crippen LogP contribution in [0.5, 0.6) is 0 Å². The van der Waals surface area contributed by atoms with Crippen LogP contribution in [0.1, 0.15) is 37.8 Å². The maximum absolute atomic E-state index is 12.0. The molecule has 20 heavy (non-hydrogen) atoms. The topological polar surface area (TPSA) is 41.1 Å². The lowest BCUT2D eigenvalue weighted by atomic mass is 9.81. The fraction of sp³-hybridized carbons (Fsp3) is 0.588. The van der Waals surface area contributed by atoms with E-state index in [9.17, 15) is 4.79 Å². The Morgan fingerprint density at radius 2 is 1.80 bits per heavy atom. The Morgan fingerprint density at radius 3 is 2.40 bits per heavy atom. The molecule has 0 bridgehead atoms. The summed E-state index contributed by atoms with van der Waals surface area (Å²) in [7, 11) is 0. The summed E-state index contributed by atoms with van der Waals surface area (Å²) in [6.45, 7) is 7.32. The van der Waals surface area contributed by atoms with Crippen molar-refractivity contribution in [2.75, 3.05) is 19.6 Å². The molecule has 0 radical (unpaired) electrons. The van der Waals surface area contributed by atoms with E-state index in [1.807, 2.05) is 0 Å². The van der Waals surface area contributed by atoms with Crippen LogP contribution in [0.25, 0.3) is 0 Å². The second-order valence-electron chi connectivity index (χ2n) is 6.18. The van der Waals surface area contributed by atoms with Crippen molar-refractivity contribution >= 4 is 5.91 Å². The van der Waals surface area contributed by atoms with Gasteiger partial charge in [-0.3, -0.25) is 4.79 Å². The van der Waals surface area contributed by atoms with Gasteiger partial charge in [0.15, 0.2) is 0 Å². The molecule has 0 atom stereocenters. The van der Waals surface area contributed by atoms with E-state index < -0.39 is 0 Å². The maximum Gasteiger partial charge on any atom is 0.224 e. The number of benzene rings is 1. The van der Waals surface area contributed by atoms with Crippen LogP contribution in [0.2, 0.25) is 0 Å². The summed E-state index contributed by atoms with van der Waals surface area (Å²) in [5.41, 5.74) is 2.67. The Bertz CT molecular complexity index is 433. The van der Waals surface area contributed by atoms with Gasteiger partial charge in [-0.05, 0) is 48.9 Å². The predicted octanol–water partition coefficient (Wildman–Crippen LogP) is 2.30. The molecule has 1 heterocycles. The lowest BCUT2D eigenvalue weighted by Gasteiger charge is -2.34. The zero-order chi connectivity index (χ0) is 14.4. The van der Waals surface area contributed by atoms with Gasteiger partial charge in [0.2, 0.25) is 5.91 Å². The first kappa shape index (κ1) is 15.0. The predicted molar refractivity (Wildman–Crippen MR) is 82.7 cm³/mol. The summed E-state index contributed by atoms with van der Waals surface area (Å²) in [5.74, 6) is 0.133. The first-order valence-electron chi connectivity index (χ1n) is 7.66. The molecule has 3 nitrogen and oxygen atoms in total. The Balaban J connectivity index is 1.79. The molecule has 1 aliphatic heterocycles. The van der Waals surface area contributed by atoms with E-state index in [1.165, 1.54) is 5.56 Å². The number of piperidine rings is 1. The highest BCUT2D eigenvalue weighted by atomic mass is 16.1. The molecule has 1 amide bonds.